The lowest BCUT2D eigenvalue weighted by atomic mass is 10.1. The van der Waals surface area contributed by atoms with Crippen molar-refractivity contribution in [2.75, 3.05) is 5.73 Å². The van der Waals surface area contributed by atoms with E-state index in [0.29, 0.717) is 18.2 Å². The van der Waals surface area contributed by atoms with Gasteiger partial charge < -0.3 is 10.5 Å². The van der Waals surface area contributed by atoms with Crippen LogP contribution in [-0.4, -0.2) is 9.97 Å². The van der Waals surface area contributed by atoms with Crippen molar-refractivity contribution in [2.24, 2.45) is 0 Å². The molecule has 4 nitrogen and oxygen atoms in total. The lowest BCUT2D eigenvalue weighted by Crippen LogP contribution is -2.07. The number of halogens is 8. The average Bonchev–Trinajstić information content (AvgIpc) is 2.64. The average molecular weight is 466 g/mol. The van der Waals surface area contributed by atoms with E-state index in [0.717, 1.165) is 18.2 Å². The molecule has 0 aliphatic heterocycles. The third-order valence-corrected chi connectivity index (χ3v) is 4.34. The Morgan fingerprint density at radius 2 is 1.48 bits per heavy atom. The summed E-state index contributed by atoms with van der Waals surface area (Å²) in [4.78, 5) is 7.86. The molecular formula is C19H11ClF7N3O. The number of nitrogens with two attached hydrogens (primary N) is 1. The van der Waals surface area contributed by atoms with Gasteiger partial charge in [0.05, 0.1) is 16.1 Å². The molecule has 0 saturated carbocycles. The van der Waals surface area contributed by atoms with Crippen molar-refractivity contribution >= 4 is 17.3 Å². The minimum absolute atomic E-state index is 0.0153. The van der Waals surface area contributed by atoms with Crippen molar-refractivity contribution in [3.05, 3.63) is 64.2 Å². The molecule has 0 aliphatic rings. The Labute approximate surface area is 175 Å². The molecule has 0 unspecified atom stereocenters. The number of nitrogens with zero attached hydrogens (tertiary/aromatic N) is 2. The molecule has 0 bridgehead atoms. The first-order valence-electron chi connectivity index (χ1n) is 8.33. The first-order valence-corrected chi connectivity index (χ1v) is 8.71. The molecule has 3 rings (SSSR count). The first kappa shape index (κ1) is 22.6. The summed E-state index contributed by atoms with van der Waals surface area (Å²) in [6, 6.07) is 4.10. The molecule has 0 spiro atoms. The third-order valence-electron chi connectivity index (χ3n) is 4.04. The number of rotatable bonds is 3. The van der Waals surface area contributed by atoms with Gasteiger partial charge in [-0.15, -0.1) is 0 Å². The van der Waals surface area contributed by atoms with Crippen LogP contribution < -0.4 is 10.5 Å². The molecule has 0 atom stereocenters. The van der Waals surface area contributed by atoms with Gasteiger partial charge in [0.2, 0.25) is 5.88 Å². The molecule has 0 saturated heterocycles. The third kappa shape index (κ3) is 4.82. The minimum Gasteiger partial charge on any atom is -0.435 e. The van der Waals surface area contributed by atoms with E-state index in [4.69, 9.17) is 22.1 Å². The minimum atomic E-state index is -4.75. The fourth-order valence-electron chi connectivity index (χ4n) is 2.59. The molecular weight excluding hydrogens is 455 g/mol. The predicted molar refractivity (Wildman–Crippen MR) is 98.1 cm³/mol. The van der Waals surface area contributed by atoms with Crippen LogP contribution in [0.3, 0.4) is 0 Å². The van der Waals surface area contributed by atoms with Crippen LogP contribution in [0.15, 0.2) is 36.4 Å². The van der Waals surface area contributed by atoms with Crippen molar-refractivity contribution in [3.8, 4) is 22.9 Å². The Bertz CT molecular complexity index is 1150. The lowest BCUT2D eigenvalue weighted by Gasteiger charge is -2.15. The fraction of sp³-hybridized carbons (Fsp3) is 0.158. The van der Waals surface area contributed by atoms with Gasteiger partial charge in [-0.25, -0.2) is 9.37 Å². The zero-order valence-corrected chi connectivity index (χ0v) is 16.1. The number of hydrogen-bond donors (Lipinski definition) is 1. The highest BCUT2D eigenvalue weighted by Crippen LogP contribution is 2.40. The van der Waals surface area contributed by atoms with E-state index in [2.05, 4.69) is 9.97 Å². The SMILES string of the molecule is Cc1nc(Oc2ccc(C(F)(F)F)cc2Cl)c(N)c(-c2ccc(C(F)(F)F)cc2F)n1. The van der Waals surface area contributed by atoms with E-state index in [9.17, 15) is 30.7 Å². The number of aryl methyl sites for hydroxylation is 1. The zero-order chi connectivity index (χ0) is 23.1. The van der Waals surface area contributed by atoms with Gasteiger partial charge in [-0.1, -0.05) is 11.6 Å². The van der Waals surface area contributed by atoms with E-state index in [1.807, 2.05) is 0 Å². The van der Waals surface area contributed by atoms with Gasteiger partial charge in [0.25, 0.3) is 0 Å². The topological polar surface area (TPSA) is 61.0 Å². The van der Waals surface area contributed by atoms with Crippen LogP contribution in [0.4, 0.5) is 36.4 Å². The Hall–Kier alpha value is -3.08. The Kier molecular flexibility index (Phi) is 5.74. The number of benzene rings is 2. The second kappa shape index (κ2) is 7.88. The van der Waals surface area contributed by atoms with Crippen molar-refractivity contribution in [3.63, 3.8) is 0 Å². The van der Waals surface area contributed by atoms with Crippen LogP contribution in [0.5, 0.6) is 11.6 Å². The molecule has 2 N–H and O–H groups in total. The molecule has 1 heterocycles. The standard InChI is InChI=1S/C19H11ClF7N3O/c1-8-29-16(11-4-2-10(7-13(11)21)19(25,26)27)15(28)17(30-8)31-14-5-3-9(6-12(14)20)18(22,23)24/h2-7H,28H2,1H3. The van der Waals surface area contributed by atoms with Gasteiger partial charge in [0.15, 0.2) is 0 Å². The van der Waals surface area contributed by atoms with E-state index in [-0.39, 0.29) is 34.4 Å². The first-order chi connectivity index (χ1) is 14.3. The van der Waals surface area contributed by atoms with Crippen molar-refractivity contribution in [1.29, 1.82) is 0 Å². The highest BCUT2D eigenvalue weighted by Gasteiger charge is 2.32. The van der Waals surface area contributed by atoms with Crippen LogP contribution in [0.1, 0.15) is 17.0 Å². The van der Waals surface area contributed by atoms with Gasteiger partial charge >= 0.3 is 12.4 Å². The van der Waals surface area contributed by atoms with E-state index in [1.165, 1.54) is 6.92 Å². The molecule has 164 valence electrons. The van der Waals surface area contributed by atoms with Crippen LogP contribution in [-0.2, 0) is 12.4 Å². The summed E-state index contributed by atoms with van der Waals surface area (Å²) in [5, 5.41) is -0.396. The largest absolute Gasteiger partial charge is 0.435 e. The number of anilines is 1. The van der Waals surface area contributed by atoms with Gasteiger partial charge in [-0.05, 0) is 43.3 Å². The van der Waals surface area contributed by atoms with Crippen molar-refractivity contribution in [2.45, 2.75) is 19.3 Å². The second-order valence-electron chi connectivity index (χ2n) is 6.28. The number of hydrogen-bond acceptors (Lipinski definition) is 4. The molecule has 0 fully saturated rings. The number of alkyl halides is 6. The van der Waals surface area contributed by atoms with Crippen LogP contribution >= 0.6 is 11.6 Å². The summed E-state index contributed by atoms with van der Waals surface area (Å²) >= 11 is 5.84. The maximum Gasteiger partial charge on any atom is 0.416 e. The van der Waals surface area contributed by atoms with E-state index in [1.54, 1.807) is 0 Å². The second-order valence-corrected chi connectivity index (χ2v) is 6.68. The predicted octanol–water partition coefficient (Wildman–Crippen LogP) is 6.66. The number of nitrogen functional groups attached to an aromatic ring is 1. The molecule has 12 heteroatoms. The van der Waals surface area contributed by atoms with Gasteiger partial charge in [-0.3, -0.25) is 0 Å². The highest BCUT2D eigenvalue weighted by atomic mass is 35.5. The Morgan fingerprint density at radius 1 is 0.903 bits per heavy atom. The number of ether oxygens (including phenoxy) is 1. The van der Waals surface area contributed by atoms with E-state index >= 15 is 0 Å². The summed E-state index contributed by atoms with van der Waals surface area (Å²) < 4.78 is 96.4. The molecule has 0 amide bonds. The summed E-state index contributed by atoms with van der Waals surface area (Å²) in [6.45, 7) is 1.38. The normalized spacial score (nSPS) is 12.2. The van der Waals surface area contributed by atoms with Crippen LogP contribution in [0, 0.1) is 12.7 Å². The lowest BCUT2D eigenvalue weighted by molar-refractivity contribution is -0.138. The van der Waals surface area contributed by atoms with Gasteiger partial charge in [0.1, 0.15) is 28.8 Å². The molecule has 1 aromatic heterocycles. The molecule has 0 radical (unpaired) electrons. The zero-order valence-electron chi connectivity index (χ0n) is 15.4. The smallest absolute Gasteiger partial charge is 0.416 e. The molecule has 0 aliphatic carbocycles. The fourth-order valence-corrected chi connectivity index (χ4v) is 2.81. The quantitative estimate of drug-likeness (QED) is 0.440. The monoisotopic (exact) mass is 465 g/mol. The molecule has 2 aromatic carbocycles. The van der Waals surface area contributed by atoms with Crippen molar-refractivity contribution in [1.82, 2.24) is 9.97 Å². The Morgan fingerprint density at radius 3 is 2.03 bits per heavy atom. The van der Waals surface area contributed by atoms with Gasteiger partial charge in [-0.2, -0.15) is 31.3 Å². The molecule has 3 aromatic rings. The Balaban J connectivity index is 2.03. The van der Waals surface area contributed by atoms with Crippen LogP contribution in [0.25, 0.3) is 11.3 Å². The maximum absolute atomic E-state index is 14.4. The molecule has 31 heavy (non-hydrogen) atoms. The van der Waals surface area contributed by atoms with E-state index < -0.39 is 34.3 Å². The summed E-state index contributed by atoms with van der Waals surface area (Å²) in [5.74, 6) is -1.80. The maximum atomic E-state index is 14.4. The summed E-state index contributed by atoms with van der Waals surface area (Å²) in [7, 11) is 0. The number of aromatic nitrogens is 2. The summed E-state index contributed by atoms with van der Waals surface area (Å²) in [5.41, 5.74) is 2.75. The van der Waals surface area contributed by atoms with Crippen molar-refractivity contribution < 1.29 is 35.5 Å². The van der Waals surface area contributed by atoms with Gasteiger partial charge in [0, 0.05) is 5.56 Å². The van der Waals surface area contributed by atoms with Crippen LogP contribution in [0.2, 0.25) is 5.02 Å². The summed E-state index contributed by atoms with van der Waals surface area (Å²) in [6.07, 6.45) is -9.37. The highest BCUT2D eigenvalue weighted by molar-refractivity contribution is 6.32.